The standard InChI is InChI=1S/C18H24FN3O3/c19-14-4-6-15(7-5-14)20-17(24)21-18(8-2-1-3-9-18)16(23)22-10-12-25-13-11-22/h4-7H,1-3,8-13H2,(H2,20,21,24). The summed E-state index contributed by atoms with van der Waals surface area (Å²) in [6.07, 6.45) is 4.17. The summed E-state index contributed by atoms with van der Waals surface area (Å²) in [5, 5.41) is 5.60. The number of carbonyl (C=O) groups is 2. The zero-order valence-corrected chi connectivity index (χ0v) is 14.2. The second-order valence-corrected chi connectivity index (χ2v) is 6.63. The molecule has 1 aromatic rings. The highest BCUT2D eigenvalue weighted by molar-refractivity contribution is 5.96. The Labute approximate surface area is 146 Å². The Morgan fingerprint density at radius 1 is 1.04 bits per heavy atom. The zero-order chi connectivity index (χ0) is 17.7. The smallest absolute Gasteiger partial charge is 0.320 e. The Hall–Kier alpha value is -2.15. The van der Waals surface area contributed by atoms with Gasteiger partial charge in [0.2, 0.25) is 5.91 Å². The van der Waals surface area contributed by atoms with Crippen molar-refractivity contribution in [1.29, 1.82) is 0 Å². The Bertz CT molecular complexity index is 608. The van der Waals surface area contributed by atoms with Gasteiger partial charge in [0.05, 0.1) is 13.2 Å². The number of urea groups is 1. The van der Waals surface area contributed by atoms with Gasteiger partial charge in [-0.3, -0.25) is 4.79 Å². The molecule has 0 atom stereocenters. The van der Waals surface area contributed by atoms with Gasteiger partial charge in [-0.1, -0.05) is 19.3 Å². The molecule has 7 heteroatoms. The van der Waals surface area contributed by atoms with Crippen LogP contribution in [-0.2, 0) is 9.53 Å². The van der Waals surface area contributed by atoms with E-state index in [9.17, 15) is 14.0 Å². The topological polar surface area (TPSA) is 70.7 Å². The fourth-order valence-corrected chi connectivity index (χ4v) is 3.53. The van der Waals surface area contributed by atoms with Crippen LogP contribution in [0.1, 0.15) is 32.1 Å². The lowest BCUT2D eigenvalue weighted by atomic mass is 9.80. The van der Waals surface area contributed by atoms with Crippen molar-refractivity contribution in [3.8, 4) is 0 Å². The first kappa shape index (κ1) is 17.7. The van der Waals surface area contributed by atoms with Crippen LogP contribution < -0.4 is 10.6 Å². The molecule has 6 nitrogen and oxygen atoms in total. The molecule has 0 spiro atoms. The molecule has 136 valence electrons. The summed E-state index contributed by atoms with van der Waals surface area (Å²) in [5.41, 5.74) is -0.372. The molecule has 2 N–H and O–H groups in total. The molecule has 3 amide bonds. The van der Waals surface area contributed by atoms with E-state index in [1.807, 2.05) is 0 Å². The number of halogens is 1. The molecule has 1 heterocycles. The van der Waals surface area contributed by atoms with Gasteiger partial charge in [-0.2, -0.15) is 0 Å². The molecule has 2 aliphatic rings. The van der Waals surface area contributed by atoms with Crippen molar-refractivity contribution in [1.82, 2.24) is 10.2 Å². The van der Waals surface area contributed by atoms with Crippen molar-refractivity contribution in [3.05, 3.63) is 30.1 Å². The Morgan fingerprint density at radius 3 is 2.32 bits per heavy atom. The van der Waals surface area contributed by atoms with Crippen molar-refractivity contribution >= 4 is 17.6 Å². The Morgan fingerprint density at radius 2 is 1.68 bits per heavy atom. The van der Waals surface area contributed by atoms with Gasteiger partial charge in [-0.25, -0.2) is 9.18 Å². The maximum Gasteiger partial charge on any atom is 0.320 e. The molecule has 1 aromatic carbocycles. The summed E-state index contributed by atoms with van der Waals surface area (Å²) in [4.78, 5) is 27.3. The van der Waals surface area contributed by atoms with Crippen molar-refractivity contribution in [2.75, 3.05) is 31.6 Å². The van der Waals surface area contributed by atoms with Crippen LogP contribution in [0, 0.1) is 5.82 Å². The quantitative estimate of drug-likeness (QED) is 0.881. The molecule has 0 aromatic heterocycles. The minimum atomic E-state index is -0.861. The Balaban J connectivity index is 1.70. The summed E-state index contributed by atoms with van der Waals surface area (Å²) in [6, 6.07) is 5.11. The molecule has 0 bridgehead atoms. The number of morpholine rings is 1. The monoisotopic (exact) mass is 349 g/mol. The largest absolute Gasteiger partial charge is 0.378 e. The fraction of sp³-hybridized carbons (Fsp3) is 0.556. The number of ether oxygens (including phenoxy) is 1. The van der Waals surface area contributed by atoms with Gasteiger partial charge in [-0.05, 0) is 37.1 Å². The van der Waals surface area contributed by atoms with Gasteiger partial charge in [0.15, 0.2) is 0 Å². The van der Waals surface area contributed by atoms with Gasteiger partial charge in [-0.15, -0.1) is 0 Å². The van der Waals surface area contributed by atoms with Gasteiger partial charge in [0.1, 0.15) is 11.4 Å². The molecular formula is C18H24FN3O3. The average molecular weight is 349 g/mol. The fourth-order valence-electron chi connectivity index (χ4n) is 3.53. The molecule has 3 rings (SSSR count). The van der Waals surface area contributed by atoms with Crippen LogP contribution in [0.25, 0.3) is 0 Å². The second kappa shape index (κ2) is 7.82. The van der Waals surface area contributed by atoms with E-state index in [0.29, 0.717) is 44.8 Å². The summed E-state index contributed by atoms with van der Waals surface area (Å²) in [6.45, 7) is 2.18. The third-order valence-corrected chi connectivity index (χ3v) is 4.87. The van der Waals surface area contributed by atoms with E-state index in [4.69, 9.17) is 4.74 Å². The van der Waals surface area contributed by atoms with Crippen molar-refractivity contribution < 1.29 is 18.7 Å². The van der Waals surface area contributed by atoms with E-state index in [2.05, 4.69) is 10.6 Å². The van der Waals surface area contributed by atoms with Gasteiger partial charge in [0.25, 0.3) is 0 Å². The lowest BCUT2D eigenvalue weighted by Gasteiger charge is -2.41. The lowest BCUT2D eigenvalue weighted by Crippen LogP contribution is -2.62. The molecule has 0 radical (unpaired) electrons. The number of nitrogens with one attached hydrogen (secondary N) is 2. The first-order valence-corrected chi connectivity index (χ1v) is 8.81. The summed E-state index contributed by atoms with van der Waals surface area (Å²) in [5.74, 6) is -0.387. The van der Waals surface area contributed by atoms with Crippen LogP contribution in [0.2, 0.25) is 0 Å². The van der Waals surface area contributed by atoms with Crippen LogP contribution in [0.3, 0.4) is 0 Å². The third kappa shape index (κ3) is 4.28. The predicted octanol–water partition coefficient (Wildman–Crippen LogP) is 2.51. The molecule has 1 saturated carbocycles. The van der Waals surface area contributed by atoms with Crippen LogP contribution in [0.5, 0.6) is 0 Å². The van der Waals surface area contributed by atoms with E-state index in [-0.39, 0.29) is 11.7 Å². The van der Waals surface area contributed by atoms with E-state index in [0.717, 1.165) is 19.3 Å². The van der Waals surface area contributed by atoms with Crippen LogP contribution in [0.4, 0.5) is 14.9 Å². The molecule has 2 fully saturated rings. The number of rotatable bonds is 3. The first-order valence-electron chi connectivity index (χ1n) is 8.81. The summed E-state index contributed by atoms with van der Waals surface area (Å²) >= 11 is 0. The highest BCUT2D eigenvalue weighted by atomic mass is 19.1. The molecule has 1 aliphatic heterocycles. The van der Waals surface area contributed by atoms with Crippen LogP contribution >= 0.6 is 0 Å². The number of anilines is 1. The molecule has 25 heavy (non-hydrogen) atoms. The van der Waals surface area contributed by atoms with Gasteiger partial charge >= 0.3 is 6.03 Å². The van der Waals surface area contributed by atoms with Gasteiger partial charge in [0, 0.05) is 18.8 Å². The number of hydrogen-bond donors (Lipinski definition) is 2. The number of benzene rings is 1. The molecule has 0 unspecified atom stereocenters. The van der Waals surface area contributed by atoms with E-state index in [1.165, 1.54) is 24.3 Å². The highest BCUT2D eigenvalue weighted by Gasteiger charge is 2.43. The average Bonchev–Trinajstić information content (AvgIpc) is 2.64. The van der Waals surface area contributed by atoms with Gasteiger partial charge < -0.3 is 20.3 Å². The lowest BCUT2D eigenvalue weighted by molar-refractivity contribution is -0.143. The molecule has 1 saturated heterocycles. The maximum absolute atomic E-state index is 13.1. The third-order valence-electron chi connectivity index (χ3n) is 4.87. The van der Waals surface area contributed by atoms with Crippen molar-refractivity contribution in [3.63, 3.8) is 0 Å². The van der Waals surface area contributed by atoms with Crippen LogP contribution in [0.15, 0.2) is 24.3 Å². The SMILES string of the molecule is O=C(Nc1ccc(F)cc1)NC1(C(=O)N2CCOCC2)CCCCC1. The minimum absolute atomic E-state index is 0.0234. The summed E-state index contributed by atoms with van der Waals surface area (Å²) < 4.78 is 18.3. The van der Waals surface area contributed by atoms with E-state index in [1.54, 1.807) is 4.90 Å². The predicted molar refractivity (Wildman–Crippen MR) is 91.8 cm³/mol. The molecular weight excluding hydrogens is 325 g/mol. The second-order valence-electron chi connectivity index (χ2n) is 6.63. The zero-order valence-electron chi connectivity index (χ0n) is 14.2. The van der Waals surface area contributed by atoms with E-state index < -0.39 is 11.6 Å². The normalized spacial score (nSPS) is 20.0. The number of amides is 3. The molecule has 1 aliphatic carbocycles. The van der Waals surface area contributed by atoms with Crippen LogP contribution in [-0.4, -0.2) is 48.7 Å². The maximum atomic E-state index is 13.1. The summed E-state index contributed by atoms with van der Waals surface area (Å²) in [7, 11) is 0. The Kier molecular flexibility index (Phi) is 5.53. The minimum Gasteiger partial charge on any atom is -0.378 e. The van der Waals surface area contributed by atoms with E-state index >= 15 is 0 Å². The number of hydrogen-bond acceptors (Lipinski definition) is 3. The highest BCUT2D eigenvalue weighted by Crippen LogP contribution is 2.30. The number of nitrogens with zero attached hydrogens (tertiary/aromatic N) is 1. The van der Waals surface area contributed by atoms with Crippen molar-refractivity contribution in [2.24, 2.45) is 0 Å². The number of carbonyl (C=O) groups excluding carboxylic acids is 2. The van der Waals surface area contributed by atoms with Crippen molar-refractivity contribution in [2.45, 2.75) is 37.6 Å². The first-order chi connectivity index (χ1) is 12.1.